The standard InChI is InChI=1S/C21H29ClN4/c1-4-26(5-2)16-6-7-17(3)24-21-23-15-14-20(25-21)13-10-18-8-11-19(22)12-9-18/h8-15,17H,4-7,16H2,1-3H3,(H,23,24,25)/b13-10-/t17-/m1/s1. The zero-order chi connectivity index (χ0) is 18.8. The Hall–Kier alpha value is -1.91. The molecule has 0 fully saturated rings. The molecule has 2 rings (SSSR count). The normalized spacial score (nSPS) is 12.7. The van der Waals surface area contributed by atoms with E-state index < -0.39 is 0 Å². The number of aromatic nitrogens is 2. The van der Waals surface area contributed by atoms with Crippen molar-refractivity contribution in [2.75, 3.05) is 25.0 Å². The Morgan fingerprint density at radius 2 is 1.85 bits per heavy atom. The highest BCUT2D eigenvalue weighted by molar-refractivity contribution is 6.30. The smallest absolute Gasteiger partial charge is 0.223 e. The first-order valence-corrected chi connectivity index (χ1v) is 9.74. The summed E-state index contributed by atoms with van der Waals surface area (Å²) in [6.07, 6.45) is 8.08. The van der Waals surface area contributed by atoms with Crippen molar-refractivity contribution < 1.29 is 0 Å². The molecule has 0 aliphatic carbocycles. The van der Waals surface area contributed by atoms with Gasteiger partial charge in [0, 0.05) is 17.3 Å². The van der Waals surface area contributed by atoms with Gasteiger partial charge >= 0.3 is 0 Å². The van der Waals surface area contributed by atoms with Crippen molar-refractivity contribution in [2.24, 2.45) is 0 Å². The Morgan fingerprint density at radius 3 is 2.54 bits per heavy atom. The average molecular weight is 373 g/mol. The zero-order valence-electron chi connectivity index (χ0n) is 16.0. The molecule has 0 saturated heterocycles. The lowest BCUT2D eigenvalue weighted by atomic mass is 10.2. The monoisotopic (exact) mass is 372 g/mol. The van der Waals surface area contributed by atoms with Crippen LogP contribution in [0.15, 0.2) is 36.5 Å². The fraction of sp³-hybridized carbons (Fsp3) is 0.429. The van der Waals surface area contributed by atoms with Gasteiger partial charge in [-0.25, -0.2) is 9.97 Å². The number of anilines is 1. The molecule has 0 unspecified atom stereocenters. The van der Waals surface area contributed by atoms with Crippen molar-refractivity contribution in [3.05, 3.63) is 52.8 Å². The van der Waals surface area contributed by atoms with Crippen LogP contribution in [0.2, 0.25) is 5.02 Å². The zero-order valence-corrected chi connectivity index (χ0v) is 16.7. The minimum atomic E-state index is 0.348. The molecule has 1 N–H and O–H groups in total. The van der Waals surface area contributed by atoms with Crippen LogP contribution in [0.25, 0.3) is 12.2 Å². The first-order valence-electron chi connectivity index (χ1n) is 9.36. The minimum Gasteiger partial charge on any atom is -0.352 e. The maximum absolute atomic E-state index is 5.91. The van der Waals surface area contributed by atoms with Crippen molar-refractivity contribution >= 4 is 29.7 Å². The van der Waals surface area contributed by atoms with Crippen LogP contribution in [0.4, 0.5) is 5.95 Å². The number of nitrogens with one attached hydrogen (secondary N) is 1. The Balaban J connectivity index is 1.86. The van der Waals surface area contributed by atoms with E-state index >= 15 is 0 Å². The quantitative estimate of drug-likeness (QED) is 0.620. The summed E-state index contributed by atoms with van der Waals surface area (Å²) >= 11 is 5.91. The molecule has 4 nitrogen and oxygen atoms in total. The molecule has 0 radical (unpaired) electrons. The summed E-state index contributed by atoms with van der Waals surface area (Å²) in [7, 11) is 0. The van der Waals surface area contributed by atoms with Crippen molar-refractivity contribution in [1.82, 2.24) is 14.9 Å². The maximum atomic E-state index is 5.91. The minimum absolute atomic E-state index is 0.348. The Morgan fingerprint density at radius 1 is 1.12 bits per heavy atom. The van der Waals surface area contributed by atoms with Gasteiger partial charge in [-0.3, -0.25) is 0 Å². The summed E-state index contributed by atoms with van der Waals surface area (Å²) in [4.78, 5) is 11.4. The molecule has 1 heterocycles. The summed E-state index contributed by atoms with van der Waals surface area (Å²) in [6, 6.07) is 9.99. The number of halogens is 1. The molecule has 2 aromatic rings. The molecule has 0 saturated carbocycles. The van der Waals surface area contributed by atoms with Gasteiger partial charge in [0.05, 0.1) is 5.69 Å². The van der Waals surface area contributed by atoms with Crippen LogP contribution in [0, 0.1) is 0 Å². The van der Waals surface area contributed by atoms with Crippen LogP contribution in [0.3, 0.4) is 0 Å². The summed E-state index contributed by atoms with van der Waals surface area (Å²) in [6.45, 7) is 9.97. The number of hydrogen-bond acceptors (Lipinski definition) is 4. The van der Waals surface area contributed by atoms with Crippen LogP contribution in [-0.4, -0.2) is 40.5 Å². The fourth-order valence-corrected chi connectivity index (χ4v) is 2.87. The van der Waals surface area contributed by atoms with Gasteiger partial charge in [-0.2, -0.15) is 0 Å². The van der Waals surface area contributed by atoms with Gasteiger partial charge in [-0.1, -0.05) is 43.7 Å². The van der Waals surface area contributed by atoms with Crippen LogP contribution in [0.5, 0.6) is 0 Å². The first-order chi connectivity index (χ1) is 12.6. The van der Waals surface area contributed by atoms with Crippen LogP contribution in [0.1, 0.15) is 44.9 Å². The van der Waals surface area contributed by atoms with Gasteiger partial charge in [-0.15, -0.1) is 0 Å². The Bertz CT molecular complexity index is 681. The van der Waals surface area contributed by atoms with Crippen molar-refractivity contribution in [3.8, 4) is 0 Å². The summed E-state index contributed by atoms with van der Waals surface area (Å²) in [5, 5.41) is 4.15. The molecule has 0 aliphatic heterocycles. The van der Waals surface area contributed by atoms with E-state index in [0.29, 0.717) is 12.0 Å². The van der Waals surface area contributed by atoms with E-state index in [9.17, 15) is 0 Å². The number of rotatable bonds is 10. The van der Waals surface area contributed by atoms with Crippen molar-refractivity contribution in [1.29, 1.82) is 0 Å². The van der Waals surface area contributed by atoms with Crippen molar-refractivity contribution in [3.63, 3.8) is 0 Å². The van der Waals surface area contributed by atoms with Gasteiger partial charge < -0.3 is 10.2 Å². The van der Waals surface area contributed by atoms with E-state index in [1.807, 2.05) is 42.5 Å². The summed E-state index contributed by atoms with van der Waals surface area (Å²) in [5.41, 5.74) is 1.97. The highest BCUT2D eigenvalue weighted by Gasteiger charge is 2.06. The van der Waals surface area contributed by atoms with E-state index in [0.717, 1.165) is 42.3 Å². The molecule has 140 valence electrons. The molecule has 1 aromatic heterocycles. The van der Waals surface area contributed by atoms with Gasteiger partial charge in [0.15, 0.2) is 0 Å². The molecular formula is C21H29ClN4. The summed E-state index contributed by atoms with van der Waals surface area (Å²) < 4.78 is 0. The highest BCUT2D eigenvalue weighted by atomic mass is 35.5. The van der Waals surface area contributed by atoms with Gasteiger partial charge in [0.2, 0.25) is 5.95 Å². The summed E-state index contributed by atoms with van der Waals surface area (Å²) in [5.74, 6) is 0.679. The van der Waals surface area contributed by atoms with E-state index in [2.05, 4.69) is 41.0 Å². The van der Waals surface area contributed by atoms with Crippen LogP contribution < -0.4 is 5.32 Å². The second kappa shape index (κ2) is 10.9. The lowest BCUT2D eigenvalue weighted by Gasteiger charge is -2.19. The Kier molecular flexibility index (Phi) is 8.59. The van der Waals surface area contributed by atoms with Crippen LogP contribution in [-0.2, 0) is 0 Å². The maximum Gasteiger partial charge on any atom is 0.223 e. The number of hydrogen-bond donors (Lipinski definition) is 1. The lowest BCUT2D eigenvalue weighted by Crippen LogP contribution is -2.26. The van der Waals surface area contributed by atoms with Gasteiger partial charge in [0.1, 0.15) is 0 Å². The second-order valence-corrected chi connectivity index (χ2v) is 6.84. The molecule has 1 atom stereocenters. The van der Waals surface area contributed by atoms with E-state index in [-0.39, 0.29) is 0 Å². The van der Waals surface area contributed by atoms with Gasteiger partial charge in [0.25, 0.3) is 0 Å². The van der Waals surface area contributed by atoms with E-state index in [1.165, 1.54) is 6.42 Å². The third kappa shape index (κ3) is 7.14. The molecular weight excluding hydrogens is 344 g/mol. The topological polar surface area (TPSA) is 41.0 Å². The fourth-order valence-electron chi connectivity index (χ4n) is 2.74. The predicted molar refractivity (Wildman–Crippen MR) is 113 cm³/mol. The molecule has 0 spiro atoms. The molecule has 0 aliphatic rings. The number of benzene rings is 1. The first kappa shape index (κ1) is 20.4. The third-order valence-corrected chi connectivity index (χ3v) is 4.63. The molecule has 0 bridgehead atoms. The third-order valence-electron chi connectivity index (χ3n) is 4.38. The van der Waals surface area contributed by atoms with Crippen molar-refractivity contribution in [2.45, 2.75) is 39.7 Å². The van der Waals surface area contributed by atoms with Gasteiger partial charge in [-0.05, 0) is 69.2 Å². The number of nitrogens with zero attached hydrogens (tertiary/aromatic N) is 3. The van der Waals surface area contributed by atoms with Crippen LogP contribution >= 0.6 is 11.6 Å². The SMILES string of the molecule is CCN(CC)CCC[C@@H](C)Nc1nccc(/C=C\c2ccc(Cl)cc2)n1. The largest absolute Gasteiger partial charge is 0.352 e. The highest BCUT2D eigenvalue weighted by Crippen LogP contribution is 2.13. The lowest BCUT2D eigenvalue weighted by molar-refractivity contribution is 0.295. The molecule has 26 heavy (non-hydrogen) atoms. The average Bonchev–Trinajstić information content (AvgIpc) is 2.65. The molecule has 0 amide bonds. The molecule has 1 aromatic carbocycles. The predicted octanol–water partition coefficient (Wildman–Crippen LogP) is 5.22. The van der Waals surface area contributed by atoms with E-state index in [1.54, 1.807) is 6.20 Å². The second-order valence-electron chi connectivity index (χ2n) is 6.40. The Labute approximate surface area is 162 Å². The van der Waals surface area contributed by atoms with E-state index in [4.69, 9.17) is 11.6 Å². The molecule has 5 heteroatoms.